The molecule has 5 nitrogen and oxygen atoms in total. The molecule has 0 spiro atoms. The van der Waals surface area contributed by atoms with Gasteiger partial charge in [0.15, 0.2) is 0 Å². The van der Waals surface area contributed by atoms with Gasteiger partial charge in [-0.2, -0.15) is 4.68 Å². The van der Waals surface area contributed by atoms with Crippen LogP contribution in [0.4, 0.5) is 0 Å². The van der Waals surface area contributed by atoms with Gasteiger partial charge in [-0.1, -0.05) is 65.0 Å². The third kappa shape index (κ3) is 3.81. The molecule has 26 heavy (non-hydrogen) atoms. The number of benzene rings is 1. The average molecular weight is 374 g/mol. The highest BCUT2D eigenvalue weighted by Gasteiger charge is 2.44. The third-order valence-corrected chi connectivity index (χ3v) is 11.4. The van der Waals surface area contributed by atoms with E-state index >= 15 is 0 Å². The molecule has 6 heteroatoms. The summed E-state index contributed by atoms with van der Waals surface area (Å²) in [5.74, 6) is -0.159. The number of hydrogen-bond donors (Lipinski definition) is 0. The number of carbonyl (C=O) groups is 1. The summed E-state index contributed by atoms with van der Waals surface area (Å²) < 4.78 is 7.86. The van der Waals surface area contributed by atoms with Crippen LogP contribution in [0.3, 0.4) is 0 Å². The highest BCUT2D eigenvalue weighted by molar-refractivity contribution is 6.77. The van der Waals surface area contributed by atoms with Crippen molar-refractivity contribution in [1.29, 1.82) is 0 Å². The fourth-order valence-electron chi connectivity index (χ4n) is 4.08. The van der Waals surface area contributed by atoms with E-state index in [-0.39, 0.29) is 5.91 Å². The van der Waals surface area contributed by atoms with Crippen molar-refractivity contribution in [2.24, 2.45) is 0 Å². The Morgan fingerprint density at radius 2 is 1.69 bits per heavy atom. The number of carbonyl (C=O) groups excluding carboxylic acids is 1. The number of allylic oxidation sites excluding steroid dienone is 1. The van der Waals surface area contributed by atoms with E-state index in [0.717, 1.165) is 11.0 Å². The molecule has 142 valence electrons. The second kappa shape index (κ2) is 8.27. The molecule has 1 aromatic heterocycles. The van der Waals surface area contributed by atoms with E-state index < -0.39 is 8.32 Å². The molecule has 0 bridgehead atoms. The summed E-state index contributed by atoms with van der Waals surface area (Å²) in [7, 11) is -1.93. The lowest BCUT2D eigenvalue weighted by Crippen LogP contribution is -2.47. The van der Waals surface area contributed by atoms with Crippen LogP contribution in [0.1, 0.15) is 53.3 Å². The SMILES string of the molecule is C/C(=C/CO[Si](C(C)C)(C(C)C)C(C)C)C(=O)n1nnc2ccccc21. The molecule has 0 amide bonds. The monoisotopic (exact) mass is 373 g/mol. The predicted octanol–water partition coefficient (Wildman–Crippen LogP) is 5.21. The molecule has 0 atom stereocenters. The summed E-state index contributed by atoms with van der Waals surface area (Å²) in [6.07, 6.45) is 1.88. The van der Waals surface area contributed by atoms with Gasteiger partial charge < -0.3 is 4.43 Å². The van der Waals surface area contributed by atoms with E-state index in [1.807, 2.05) is 37.3 Å². The summed E-state index contributed by atoms with van der Waals surface area (Å²) >= 11 is 0. The molecule has 0 saturated carbocycles. The molecule has 2 rings (SSSR count). The van der Waals surface area contributed by atoms with E-state index in [0.29, 0.717) is 28.8 Å². The first kappa shape index (κ1) is 20.5. The fraction of sp³-hybridized carbons (Fsp3) is 0.550. The highest BCUT2D eigenvalue weighted by Crippen LogP contribution is 2.42. The number of rotatable bonds is 7. The standard InChI is InChI=1S/C20H31N3O2Si/c1-14(2)26(15(3)4,16(5)6)25-13-12-17(7)20(24)23-19-11-9-8-10-18(19)21-22-23/h8-12,14-16H,13H2,1-7H3/b17-12-. The van der Waals surface area contributed by atoms with Gasteiger partial charge in [0.1, 0.15) is 5.52 Å². The van der Waals surface area contributed by atoms with Crippen molar-refractivity contribution < 1.29 is 9.22 Å². The van der Waals surface area contributed by atoms with E-state index in [9.17, 15) is 4.79 Å². The van der Waals surface area contributed by atoms with Crippen LogP contribution in [-0.4, -0.2) is 35.8 Å². The Balaban J connectivity index is 2.18. The van der Waals surface area contributed by atoms with E-state index in [1.165, 1.54) is 4.68 Å². The lowest BCUT2D eigenvalue weighted by molar-refractivity contribution is 0.0942. The minimum Gasteiger partial charge on any atom is -0.412 e. The maximum absolute atomic E-state index is 12.7. The van der Waals surface area contributed by atoms with Crippen molar-refractivity contribution in [2.75, 3.05) is 6.61 Å². The Kier molecular flexibility index (Phi) is 6.52. The first-order valence-electron chi connectivity index (χ1n) is 9.37. The molecular formula is C20H31N3O2Si. The first-order chi connectivity index (χ1) is 12.2. The van der Waals surface area contributed by atoms with Crippen molar-refractivity contribution in [2.45, 2.75) is 65.1 Å². The van der Waals surface area contributed by atoms with Crippen molar-refractivity contribution in [1.82, 2.24) is 15.0 Å². The van der Waals surface area contributed by atoms with Gasteiger partial charge in [-0.25, -0.2) is 0 Å². The summed E-state index contributed by atoms with van der Waals surface area (Å²) in [5, 5.41) is 8.05. The molecule has 0 fully saturated rings. The zero-order valence-corrected chi connectivity index (χ0v) is 18.0. The first-order valence-corrected chi connectivity index (χ1v) is 11.5. The van der Waals surface area contributed by atoms with Crippen molar-refractivity contribution in [3.8, 4) is 0 Å². The van der Waals surface area contributed by atoms with Crippen LogP contribution in [-0.2, 0) is 4.43 Å². The number of nitrogens with zero attached hydrogens (tertiary/aromatic N) is 3. The second-order valence-corrected chi connectivity index (χ2v) is 13.3. The minimum atomic E-state index is -1.93. The Hall–Kier alpha value is -1.79. The molecular weight excluding hydrogens is 342 g/mol. The average Bonchev–Trinajstić information content (AvgIpc) is 3.00. The van der Waals surface area contributed by atoms with Crippen LogP contribution in [0.25, 0.3) is 11.0 Å². The summed E-state index contributed by atoms with van der Waals surface area (Å²) in [5.41, 5.74) is 3.63. The molecule has 0 aliphatic rings. The van der Waals surface area contributed by atoms with Crippen molar-refractivity contribution in [3.05, 3.63) is 35.9 Å². The normalized spacial score (nSPS) is 13.4. The van der Waals surface area contributed by atoms with Gasteiger partial charge in [0.2, 0.25) is 8.32 Å². The Morgan fingerprint density at radius 1 is 1.12 bits per heavy atom. The number of fused-ring (bicyclic) bond motifs is 1. The van der Waals surface area contributed by atoms with Gasteiger partial charge in [-0.15, -0.1) is 5.10 Å². The van der Waals surface area contributed by atoms with Crippen LogP contribution < -0.4 is 0 Å². The largest absolute Gasteiger partial charge is 0.412 e. The minimum absolute atomic E-state index is 0.159. The van der Waals surface area contributed by atoms with Crippen LogP contribution >= 0.6 is 0 Å². The molecule has 0 aliphatic heterocycles. The maximum Gasteiger partial charge on any atom is 0.275 e. The molecule has 0 N–H and O–H groups in total. The Morgan fingerprint density at radius 3 is 2.27 bits per heavy atom. The van der Waals surface area contributed by atoms with Crippen LogP contribution in [0.2, 0.25) is 16.6 Å². The lowest BCUT2D eigenvalue weighted by atomic mass is 10.2. The van der Waals surface area contributed by atoms with Crippen LogP contribution in [0.15, 0.2) is 35.9 Å². The van der Waals surface area contributed by atoms with Gasteiger partial charge in [-0.3, -0.25) is 4.79 Å². The molecule has 0 radical (unpaired) electrons. The molecule has 0 unspecified atom stereocenters. The number of hydrogen-bond acceptors (Lipinski definition) is 4. The highest BCUT2D eigenvalue weighted by atomic mass is 28.4. The van der Waals surface area contributed by atoms with Gasteiger partial charge in [0.05, 0.1) is 12.1 Å². The molecule has 2 aromatic rings. The summed E-state index contributed by atoms with van der Waals surface area (Å²) in [6.45, 7) is 15.8. The number of aromatic nitrogens is 3. The topological polar surface area (TPSA) is 57.0 Å². The van der Waals surface area contributed by atoms with Crippen molar-refractivity contribution in [3.63, 3.8) is 0 Å². The summed E-state index contributed by atoms with van der Waals surface area (Å²) in [4.78, 5) is 12.7. The molecule has 1 heterocycles. The van der Waals surface area contributed by atoms with Gasteiger partial charge in [-0.05, 0) is 35.7 Å². The zero-order valence-electron chi connectivity index (χ0n) is 17.0. The predicted molar refractivity (Wildman–Crippen MR) is 109 cm³/mol. The zero-order chi connectivity index (χ0) is 19.5. The Bertz CT molecular complexity index is 771. The smallest absolute Gasteiger partial charge is 0.275 e. The number of para-hydroxylation sites is 1. The van der Waals surface area contributed by atoms with Gasteiger partial charge in [0, 0.05) is 5.57 Å². The molecule has 0 aliphatic carbocycles. The second-order valence-electron chi connectivity index (χ2n) is 7.81. The molecule has 0 saturated heterocycles. The Labute approximate surface area is 157 Å². The summed E-state index contributed by atoms with van der Waals surface area (Å²) in [6, 6.07) is 7.47. The van der Waals surface area contributed by atoms with E-state index in [1.54, 1.807) is 0 Å². The van der Waals surface area contributed by atoms with Gasteiger partial charge in [0.25, 0.3) is 5.91 Å². The van der Waals surface area contributed by atoms with Crippen LogP contribution in [0.5, 0.6) is 0 Å². The maximum atomic E-state index is 12.7. The third-order valence-electron chi connectivity index (χ3n) is 5.31. The van der Waals surface area contributed by atoms with E-state index in [4.69, 9.17) is 4.43 Å². The van der Waals surface area contributed by atoms with Gasteiger partial charge >= 0.3 is 0 Å². The van der Waals surface area contributed by atoms with Crippen LogP contribution in [0, 0.1) is 0 Å². The lowest BCUT2D eigenvalue weighted by Gasteiger charge is -2.41. The fourth-order valence-corrected chi connectivity index (χ4v) is 9.46. The quantitative estimate of drug-likeness (QED) is 0.494. The van der Waals surface area contributed by atoms with E-state index in [2.05, 4.69) is 51.9 Å². The molecule has 1 aromatic carbocycles. The van der Waals surface area contributed by atoms with Crippen molar-refractivity contribution >= 4 is 25.3 Å².